The lowest BCUT2D eigenvalue weighted by Crippen LogP contribution is -2.47. The van der Waals surface area contributed by atoms with Crippen molar-refractivity contribution < 1.29 is 13.9 Å². The van der Waals surface area contributed by atoms with Crippen LogP contribution in [0.1, 0.15) is 16.8 Å². The molecule has 2 heterocycles. The van der Waals surface area contributed by atoms with Crippen molar-refractivity contribution in [1.82, 2.24) is 10.3 Å². The van der Waals surface area contributed by atoms with Gasteiger partial charge in [-0.15, -0.1) is 0 Å². The molecule has 2 aromatic rings. The molecule has 0 radical (unpaired) electrons. The molecule has 27 heavy (non-hydrogen) atoms. The van der Waals surface area contributed by atoms with E-state index in [2.05, 4.69) is 15.2 Å². The number of anilines is 2. The molecular weight excluding hydrogens is 347 g/mol. The molecule has 1 aromatic heterocycles. The predicted octanol–water partition coefficient (Wildman–Crippen LogP) is 2.31. The van der Waals surface area contributed by atoms with Gasteiger partial charge in [-0.05, 0) is 30.7 Å². The lowest BCUT2D eigenvalue weighted by Gasteiger charge is -2.36. The quantitative estimate of drug-likeness (QED) is 0.756. The summed E-state index contributed by atoms with van der Waals surface area (Å²) in [7, 11) is 1.64. The van der Waals surface area contributed by atoms with Crippen LogP contribution >= 0.6 is 0 Å². The number of hydrogen-bond donors (Lipinski definition) is 1. The Morgan fingerprint density at radius 2 is 1.89 bits per heavy atom. The summed E-state index contributed by atoms with van der Waals surface area (Å²) in [4.78, 5) is 20.7. The molecule has 1 N–H and O–H groups in total. The van der Waals surface area contributed by atoms with E-state index in [0.717, 1.165) is 38.4 Å². The highest BCUT2D eigenvalue weighted by atomic mass is 19.1. The van der Waals surface area contributed by atoms with Crippen LogP contribution < -0.4 is 15.1 Å². The van der Waals surface area contributed by atoms with Crippen molar-refractivity contribution >= 4 is 17.4 Å². The third-order valence-corrected chi connectivity index (χ3v) is 4.62. The molecule has 0 spiro atoms. The number of pyridine rings is 1. The SMILES string of the molecule is COCCCNC(=O)c1ccc(N2CCN(c3ccccc3F)CC2)nc1. The molecule has 1 aliphatic heterocycles. The monoisotopic (exact) mass is 372 g/mol. The molecule has 6 nitrogen and oxygen atoms in total. The number of rotatable bonds is 7. The van der Waals surface area contributed by atoms with E-state index in [9.17, 15) is 9.18 Å². The van der Waals surface area contributed by atoms with E-state index in [-0.39, 0.29) is 11.7 Å². The zero-order valence-electron chi connectivity index (χ0n) is 15.5. The van der Waals surface area contributed by atoms with E-state index in [1.165, 1.54) is 6.07 Å². The zero-order chi connectivity index (χ0) is 19.1. The fourth-order valence-corrected chi connectivity index (χ4v) is 3.11. The molecule has 0 atom stereocenters. The van der Waals surface area contributed by atoms with E-state index in [1.54, 1.807) is 25.4 Å². The van der Waals surface area contributed by atoms with E-state index in [4.69, 9.17) is 4.74 Å². The molecule has 0 bridgehead atoms. The number of nitrogens with one attached hydrogen (secondary N) is 1. The highest BCUT2D eigenvalue weighted by Crippen LogP contribution is 2.22. The van der Waals surface area contributed by atoms with Crippen LogP contribution in [0.4, 0.5) is 15.9 Å². The van der Waals surface area contributed by atoms with Crippen molar-refractivity contribution in [1.29, 1.82) is 0 Å². The number of benzene rings is 1. The van der Waals surface area contributed by atoms with Gasteiger partial charge in [0.05, 0.1) is 11.3 Å². The Morgan fingerprint density at radius 3 is 2.56 bits per heavy atom. The fourth-order valence-electron chi connectivity index (χ4n) is 3.11. The third kappa shape index (κ3) is 4.95. The Morgan fingerprint density at radius 1 is 1.15 bits per heavy atom. The fraction of sp³-hybridized carbons (Fsp3) is 0.400. The number of halogens is 1. The molecule has 1 saturated heterocycles. The summed E-state index contributed by atoms with van der Waals surface area (Å²) < 4.78 is 18.9. The summed E-state index contributed by atoms with van der Waals surface area (Å²) in [6.07, 6.45) is 2.38. The lowest BCUT2D eigenvalue weighted by molar-refractivity contribution is 0.0948. The van der Waals surface area contributed by atoms with Gasteiger partial charge in [-0.25, -0.2) is 9.37 Å². The summed E-state index contributed by atoms with van der Waals surface area (Å²) in [5.74, 6) is 0.513. The van der Waals surface area contributed by atoms with Crippen molar-refractivity contribution in [3.8, 4) is 0 Å². The van der Waals surface area contributed by atoms with Crippen LogP contribution in [-0.4, -0.2) is 57.3 Å². The van der Waals surface area contributed by atoms with E-state index < -0.39 is 0 Å². The number of nitrogens with zero attached hydrogens (tertiary/aromatic N) is 3. The zero-order valence-corrected chi connectivity index (χ0v) is 15.5. The Labute approximate surface area is 158 Å². The van der Waals surface area contributed by atoms with Gasteiger partial charge >= 0.3 is 0 Å². The number of amides is 1. The maximum absolute atomic E-state index is 13.9. The smallest absolute Gasteiger partial charge is 0.252 e. The molecule has 0 saturated carbocycles. The van der Waals surface area contributed by atoms with Crippen LogP contribution in [0.5, 0.6) is 0 Å². The molecule has 1 aromatic carbocycles. The van der Waals surface area contributed by atoms with Crippen molar-refractivity contribution in [3.05, 3.63) is 54.0 Å². The lowest BCUT2D eigenvalue weighted by atomic mass is 10.2. The maximum Gasteiger partial charge on any atom is 0.252 e. The topological polar surface area (TPSA) is 57.7 Å². The number of hydrogen-bond acceptors (Lipinski definition) is 5. The molecule has 3 rings (SSSR count). The average Bonchev–Trinajstić information content (AvgIpc) is 2.72. The van der Waals surface area contributed by atoms with E-state index in [1.807, 2.05) is 23.1 Å². The molecule has 1 fully saturated rings. The molecule has 1 amide bonds. The second-order valence-corrected chi connectivity index (χ2v) is 6.43. The van der Waals surface area contributed by atoms with Crippen molar-refractivity contribution in [2.75, 3.05) is 56.2 Å². The second-order valence-electron chi connectivity index (χ2n) is 6.43. The van der Waals surface area contributed by atoms with Crippen molar-refractivity contribution in [3.63, 3.8) is 0 Å². The maximum atomic E-state index is 13.9. The summed E-state index contributed by atoms with van der Waals surface area (Å²) in [6.45, 7) is 4.16. The standard InChI is InChI=1S/C20H25FN4O2/c1-27-14-4-9-22-20(26)16-7-8-19(23-15-16)25-12-10-24(11-13-25)18-6-3-2-5-17(18)21/h2-3,5-8,15H,4,9-14H2,1H3,(H,22,26). The molecule has 144 valence electrons. The van der Waals surface area contributed by atoms with Gasteiger partial charge in [0.1, 0.15) is 11.6 Å². The summed E-state index contributed by atoms with van der Waals surface area (Å²) >= 11 is 0. The minimum atomic E-state index is -0.190. The minimum absolute atomic E-state index is 0.130. The number of para-hydroxylation sites is 1. The highest BCUT2D eigenvalue weighted by Gasteiger charge is 2.20. The summed E-state index contributed by atoms with van der Waals surface area (Å²) in [5, 5.41) is 2.85. The highest BCUT2D eigenvalue weighted by molar-refractivity contribution is 5.94. The van der Waals surface area contributed by atoms with Crippen LogP contribution in [0, 0.1) is 5.82 Å². The van der Waals surface area contributed by atoms with Crippen molar-refractivity contribution in [2.24, 2.45) is 0 Å². The summed E-state index contributed by atoms with van der Waals surface area (Å²) in [6, 6.07) is 10.5. The normalized spacial score (nSPS) is 14.3. The number of aromatic nitrogens is 1. The Balaban J connectivity index is 1.53. The minimum Gasteiger partial charge on any atom is -0.385 e. The molecule has 0 aliphatic carbocycles. The van der Waals surface area contributed by atoms with Crippen LogP contribution in [0.15, 0.2) is 42.6 Å². The number of ether oxygens (including phenoxy) is 1. The van der Waals surface area contributed by atoms with Crippen LogP contribution in [-0.2, 0) is 4.74 Å². The van der Waals surface area contributed by atoms with E-state index >= 15 is 0 Å². The number of carbonyl (C=O) groups excluding carboxylic acids is 1. The van der Waals surface area contributed by atoms with Gasteiger partial charge in [-0.3, -0.25) is 4.79 Å². The predicted molar refractivity (Wildman–Crippen MR) is 104 cm³/mol. The number of piperazine rings is 1. The molecule has 0 unspecified atom stereocenters. The van der Waals surface area contributed by atoms with Gasteiger partial charge in [0.2, 0.25) is 0 Å². The van der Waals surface area contributed by atoms with Crippen LogP contribution in [0.3, 0.4) is 0 Å². The number of carbonyl (C=O) groups is 1. The third-order valence-electron chi connectivity index (χ3n) is 4.62. The summed E-state index contributed by atoms with van der Waals surface area (Å²) in [5.41, 5.74) is 1.19. The van der Waals surface area contributed by atoms with E-state index in [0.29, 0.717) is 24.4 Å². The largest absolute Gasteiger partial charge is 0.385 e. The Hall–Kier alpha value is -2.67. The molecule has 7 heteroatoms. The molecule has 1 aliphatic rings. The van der Waals surface area contributed by atoms with Gasteiger partial charge in [0.25, 0.3) is 5.91 Å². The first-order valence-electron chi connectivity index (χ1n) is 9.16. The number of methoxy groups -OCH3 is 1. The Bertz CT molecular complexity index is 746. The van der Waals surface area contributed by atoms with Gasteiger partial charge in [0, 0.05) is 52.6 Å². The average molecular weight is 372 g/mol. The van der Waals surface area contributed by atoms with Gasteiger partial charge in [-0.2, -0.15) is 0 Å². The van der Waals surface area contributed by atoms with Gasteiger partial charge < -0.3 is 19.9 Å². The first-order valence-corrected chi connectivity index (χ1v) is 9.16. The first kappa shape index (κ1) is 19.1. The van der Waals surface area contributed by atoms with Crippen molar-refractivity contribution in [2.45, 2.75) is 6.42 Å². The Kier molecular flexibility index (Phi) is 6.59. The van der Waals surface area contributed by atoms with Gasteiger partial charge in [0.15, 0.2) is 0 Å². The second kappa shape index (κ2) is 9.32. The van der Waals surface area contributed by atoms with Gasteiger partial charge in [-0.1, -0.05) is 12.1 Å². The van der Waals surface area contributed by atoms with Crippen LogP contribution in [0.25, 0.3) is 0 Å². The first-order chi connectivity index (χ1) is 13.2. The molecular formula is C20H25FN4O2. The van der Waals surface area contributed by atoms with Crippen LogP contribution in [0.2, 0.25) is 0 Å².